The van der Waals surface area contributed by atoms with Crippen LogP contribution in [0.4, 0.5) is 0 Å². The quantitative estimate of drug-likeness (QED) is 0.748. The normalized spacial score (nSPS) is 10.5. The van der Waals surface area contributed by atoms with E-state index in [0.717, 1.165) is 11.3 Å². The largest absolute Gasteiger partial charge is 0.350 e. The average molecular weight is 342 g/mol. The van der Waals surface area contributed by atoms with E-state index in [9.17, 15) is 4.79 Å². The van der Waals surface area contributed by atoms with Crippen LogP contribution in [0.25, 0.3) is 5.69 Å². The number of nitrogens with one attached hydrogen (secondary N) is 1. The fraction of sp³-hybridized carbons (Fsp3) is 0.176. The SMILES string of the molecule is O=C(CCc1cccc(Cl)c1)NCc1cn(-c2cccnc2)nn1. The molecular formula is C17H16ClN5O. The Morgan fingerprint density at radius 3 is 2.96 bits per heavy atom. The van der Waals surface area contributed by atoms with Crippen LogP contribution in [0.3, 0.4) is 0 Å². The summed E-state index contributed by atoms with van der Waals surface area (Å²) >= 11 is 5.93. The van der Waals surface area contributed by atoms with E-state index < -0.39 is 0 Å². The lowest BCUT2D eigenvalue weighted by atomic mass is 10.1. The fourth-order valence-electron chi connectivity index (χ4n) is 2.22. The van der Waals surface area contributed by atoms with Gasteiger partial charge < -0.3 is 5.32 Å². The minimum absolute atomic E-state index is 0.0362. The molecule has 0 aliphatic rings. The Labute approximate surface area is 144 Å². The van der Waals surface area contributed by atoms with Crippen LogP contribution in [-0.4, -0.2) is 25.9 Å². The van der Waals surface area contributed by atoms with Gasteiger partial charge in [-0.2, -0.15) is 0 Å². The van der Waals surface area contributed by atoms with E-state index >= 15 is 0 Å². The lowest BCUT2D eigenvalue weighted by Crippen LogP contribution is -2.23. The molecule has 0 saturated heterocycles. The van der Waals surface area contributed by atoms with Crippen molar-refractivity contribution in [1.82, 2.24) is 25.3 Å². The molecule has 6 nitrogen and oxygen atoms in total. The number of hydrogen-bond donors (Lipinski definition) is 1. The lowest BCUT2D eigenvalue weighted by molar-refractivity contribution is -0.121. The average Bonchev–Trinajstić information content (AvgIpc) is 3.08. The number of amides is 1. The predicted molar refractivity (Wildman–Crippen MR) is 90.8 cm³/mol. The summed E-state index contributed by atoms with van der Waals surface area (Å²) in [5, 5.41) is 11.6. The second kappa shape index (κ2) is 7.70. The van der Waals surface area contributed by atoms with Gasteiger partial charge in [0.15, 0.2) is 0 Å². The van der Waals surface area contributed by atoms with E-state index in [4.69, 9.17) is 11.6 Å². The summed E-state index contributed by atoms with van der Waals surface area (Å²) in [5.74, 6) is -0.0362. The Balaban J connectivity index is 1.49. The Bertz CT molecular complexity index is 819. The van der Waals surface area contributed by atoms with E-state index in [0.29, 0.717) is 30.1 Å². The van der Waals surface area contributed by atoms with Gasteiger partial charge in [0.1, 0.15) is 5.69 Å². The van der Waals surface area contributed by atoms with Crippen LogP contribution in [0.1, 0.15) is 17.7 Å². The highest BCUT2D eigenvalue weighted by Crippen LogP contribution is 2.12. The molecule has 0 spiro atoms. The predicted octanol–water partition coefficient (Wildman–Crippen LogP) is 2.56. The number of rotatable bonds is 6. The van der Waals surface area contributed by atoms with Crippen molar-refractivity contribution in [3.63, 3.8) is 0 Å². The molecule has 0 atom stereocenters. The Morgan fingerprint density at radius 2 is 2.17 bits per heavy atom. The Morgan fingerprint density at radius 1 is 1.25 bits per heavy atom. The van der Waals surface area contributed by atoms with Crippen molar-refractivity contribution >= 4 is 17.5 Å². The minimum Gasteiger partial charge on any atom is -0.350 e. The Hall–Kier alpha value is -2.73. The summed E-state index contributed by atoms with van der Waals surface area (Å²) in [7, 11) is 0. The number of halogens is 1. The van der Waals surface area contributed by atoms with Crippen LogP contribution in [0.5, 0.6) is 0 Å². The number of aromatic nitrogens is 4. The summed E-state index contributed by atoms with van der Waals surface area (Å²) in [6.07, 6.45) is 6.21. The molecule has 0 fully saturated rings. The molecule has 3 aromatic rings. The van der Waals surface area contributed by atoms with Crippen LogP contribution in [0, 0.1) is 0 Å². The number of benzene rings is 1. The molecule has 7 heteroatoms. The smallest absolute Gasteiger partial charge is 0.220 e. The molecule has 1 aromatic carbocycles. The summed E-state index contributed by atoms with van der Waals surface area (Å²) in [4.78, 5) is 16.0. The molecule has 24 heavy (non-hydrogen) atoms. The first-order valence-electron chi connectivity index (χ1n) is 7.53. The van der Waals surface area contributed by atoms with E-state index in [2.05, 4.69) is 20.6 Å². The third kappa shape index (κ3) is 4.39. The molecule has 1 N–H and O–H groups in total. The summed E-state index contributed by atoms with van der Waals surface area (Å²) in [6, 6.07) is 11.2. The number of aryl methyl sites for hydroxylation is 1. The van der Waals surface area contributed by atoms with E-state index in [1.54, 1.807) is 23.3 Å². The minimum atomic E-state index is -0.0362. The van der Waals surface area contributed by atoms with Crippen LogP contribution in [0.2, 0.25) is 5.02 Å². The number of pyridine rings is 1. The van der Waals surface area contributed by atoms with Crippen molar-refractivity contribution in [2.24, 2.45) is 0 Å². The van der Waals surface area contributed by atoms with Crippen molar-refractivity contribution in [2.45, 2.75) is 19.4 Å². The second-order valence-electron chi connectivity index (χ2n) is 5.27. The van der Waals surface area contributed by atoms with Gasteiger partial charge in [-0.05, 0) is 36.2 Å². The molecule has 0 bridgehead atoms. The zero-order valence-electron chi connectivity index (χ0n) is 12.9. The standard InChI is InChI=1S/C17H16ClN5O/c18-14-4-1-3-13(9-14)6-7-17(24)20-10-15-12-23(22-21-15)16-5-2-8-19-11-16/h1-5,8-9,11-12H,6-7,10H2,(H,20,24). The number of carbonyl (C=O) groups is 1. The maximum absolute atomic E-state index is 11.9. The number of carbonyl (C=O) groups excluding carboxylic acids is 1. The molecule has 0 unspecified atom stereocenters. The first-order valence-corrected chi connectivity index (χ1v) is 7.91. The molecule has 2 aromatic heterocycles. The molecule has 0 radical (unpaired) electrons. The maximum atomic E-state index is 11.9. The van der Waals surface area contributed by atoms with Crippen LogP contribution >= 0.6 is 11.6 Å². The van der Waals surface area contributed by atoms with Gasteiger partial charge in [0.2, 0.25) is 5.91 Å². The zero-order valence-corrected chi connectivity index (χ0v) is 13.6. The topological polar surface area (TPSA) is 72.7 Å². The molecule has 0 aliphatic heterocycles. The van der Waals surface area contributed by atoms with Crippen molar-refractivity contribution < 1.29 is 4.79 Å². The van der Waals surface area contributed by atoms with Gasteiger partial charge in [-0.15, -0.1) is 5.10 Å². The summed E-state index contributed by atoms with van der Waals surface area (Å²) in [5.41, 5.74) is 2.55. The fourth-order valence-corrected chi connectivity index (χ4v) is 2.44. The third-order valence-electron chi connectivity index (χ3n) is 3.45. The van der Waals surface area contributed by atoms with Gasteiger partial charge in [-0.3, -0.25) is 9.78 Å². The first-order chi connectivity index (χ1) is 11.7. The van der Waals surface area contributed by atoms with Gasteiger partial charge >= 0.3 is 0 Å². The van der Waals surface area contributed by atoms with Gasteiger partial charge in [0, 0.05) is 17.6 Å². The molecule has 3 rings (SSSR count). The second-order valence-corrected chi connectivity index (χ2v) is 5.71. The monoisotopic (exact) mass is 341 g/mol. The van der Waals surface area contributed by atoms with Crippen molar-refractivity contribution in [3.05, 3.63) is 71.3 Å². The first kappa shape index (κ1) is 16.1. The molecular weight excluding hydrogens is 326 g/mol. The van der Waals surface area contributed by atoms with E-state index in [1.807, 2.05) is 36.4 Å². The molecule has 1 amide bonds. The number of nitrogens with zero attached hydrogens (tertiary/aromatic N) is 4. The molecule has 122 valence electrons. The molecule has 2 heterocycles. The van der Waals surface area contributed by atoms with Gasteiger partial charge in [0.25, 0.3) is 0 Å². The van der Waals surface area contributed by atoms with Crippen LogP contribution < -0.4 is 5.32 Å². The summed E-state index contributed by atoms with van der Waals surface area (Å²) < 4.78 is 1.63. The van der Waals surface area contributed by atoms with Crippen LogP contribution in [0.15, 0.2) is 55.0 Å². The van der Waals surface area contributed by atoms with Gasteiger partial charge in [-0.1, -0.05) is 28.9 Å². The highest BCUT2D eigenvalue weighted by atomic mass is 35.5. The van der Waals surface area contributed by atoms with E-state index in [1.165, 1.54) is 0 Å². The van der Waals surface area contributed by atoms with Crippen molar-refractivity contribution in [3.8, 4) is 5.69 Å². The van der Waals surface area contributed by atoms with Crippen molar-refractivity contribution in [1.29, 1.82) is 0 Å². The molecule has 0 saturated carbocycles. The third-order valence-corrected chi connectivity index (χ3v) is 3.68. The number of hydrogen-bond acceptors (Lipinski definition) is 4. The van der Waals surface area contributed by atoms with Crippen molar-refractivity contribution in [2.75, 3.05) is 0 Å². The maximum Gasteiger partial charge on any atom is 0.220 e. The Kier molecular flexibility index (Phi) is 5.18. The van der Waals surface area contributed by atoms with Gasteiger partial charge in [0.05, 0.1) is 24.6 Å². The summed E-state index contributed by atoms with van der Waals surface area (Å²) in [6.45, 7) is 0.342. The zero-order chi connectivity index (χ0) is 16.8. The highest BCUT2D eigenvalue weighted by molar-refractivity contribution is 6.30. The van der Waals surface area contributed by atoms with E-state index in [-0.39, 0.29) is 5.91 Å². The van der Waals surface area contributed by atoms with Gasteiger partial charge in [-0.25, -0.2) is 4.68 Å². The highest BCUT2D eigenvalue weighted by Gasteiger charge is 2.06. The lowest BCUT2D eigenvalue weighted by Gasteiger charge is -2.04. The molecule has 0 aliphatic carbocycles. The van der Waals surface area contributed by atoms with Crippen LogP contribution in [-0.2, 0) is 17.8 Å².